The third-order valence-electron chi connectivity index (χ3n) is 6.62. The van der Waals surface area contributed by atoms with E-state index in [-0.39, 0.29) is 11.9 Å². The van der Waals surface area contributed by atoms with Gasteiger partial charge in [-0.15, -0.1) is 0 Å². The van der Waals surface area contributed by atoms with Crippen molar-refractivity contribution in [1.29, 1.82) is 0 Å². The summed E-state index contributed by atoms with van der Waals surface area (Å²) in [4.78, 5) is 22.3. The van der Waals surface area contributed by atoms with Gasteiger partial charge in [-0.3, -0.25) is 4.79 Å². The molecule has 0 radical (unpaired) electrons. The minimum Gasteiger partial charge on any atom is -0.497 e. The summed E-state index contributed by atoms with van der Waals surface area (Å²) in [6.45, 7) is 6.18. The lowest BCUT2D eigenvalue weighted by molar-refractivity contribution is -0.122. The molecule has 2 aromatic rings. The van der Waals surface area contributed by atoms with Crippen LogP contribution in [0.25, 0.3) is 0 Å². The van der Waals surface area contributed by atoms with Crippen LogP contribution in [0.5, 0.6) is 5.75 Å². The van der Waals surface area contributed by atoms with Crippen molar-refractivity contribution >= 4 is 22.6 Å². The topological polar surface area (TPSA) is 70.6 Å². The van der Waals surface area contributed by atoms with Gasteiger partial charge in [0.15, 0.2) is 0 Å². The van der Waals surface area contributed by atoms with E-state index >= 15 is 0 Å². The predicted octanol–water partition coefficient (Wildman–Crippen LogP) is 3.49. The largest absolute Gasteiger partial charge is 0.497 e. The first-order valence-corrected chi connectivity index (χ1v) is 12.7. The molecule has 1 amide bonds. The number of amides is 1. The van der Waals surface area contributed by atoms with Crippen molar-refractivity contribution in [2.45, 2.75) is 64.0 Å². The molecule has 7 nitrogen and oxygen atoms in total. The van der Waals surface area contributed by atoms with Crippen molar-refractivity contribution in [2.24, 2.45) is 0 Å². The summed E-state index contributed by atoms with van der Waals surface area (Å²) in [5, 5.41) is 4.02. The number of methoxy groups -OCH3 is 1. The van der Waals surface area contributed by atoms with E-state index in [4.69, 9.17) is 9.72 Å². The second kappa shape index (κ2) is 11.1. The highest BCUT2D eigenvalue weighted by molar-refractivity contribution is 7.09. The van der Waals surface area contributed by atoms with Gasteiger partial charge in [0.1, 0.15) is 17.6 Å². The lowest BCUT2D eigenvalue weighted by atomic mass is 10.0. The maximum absolute atomic E-state index is 12.9. The van der Waals surface area contributed by atoms with Crippen LogP contribution in [0.3, 0.4) is 0 Å². The number of benzene rings is 1. The van der Waals surface area contributed by atoms with Crippen molar-refractivity contribution in [3.05, 3.63) is 35.7 Å². The zero-order chi connectivity index (χ0) is 22.3. The van der Waals surface area contributed by atoms with Crippen molar-refractivity contribution in [1.82, 2.24) is 19.6 Å². The van der Waals surface area contributed by atoms with Crippen LogP contribution in [0.1, 0.15) is 56.8 Å². The summed E-state index contributed by atoms with van der Waals surface area (Å²) in [5.41, 5.74) is 1.12. The van der Waals surface area contributed by atoms with Crippen LogP contribution in [0, 0.1) is 0 Å². The molecule has 8 heteroatoms. The molecule has 2 aliphatic rings. The van der Waals surface area contributed by atoms with Gasteiger partial charge in [-0.25, -0.2) is 4.98 Å². The van der Waals surface area contributed by atoms with E-state index in [1.165, 1.54) is 37.3 Å². The lowest BCUT2D eigenvalue weighted by Crippen LogP contribution is -2.44. The standard InChI is InChI=1S/C24H35N5O2S/c1-18-8-3-4-13-28(18)14-7-12-25-23(30)21-11-6-15-29(21)24-26-22(27-32-24)17-19-9-5-10-20(16-19)31-2/h5,9-10,16,18,21H,3-4,6-8,11-15,17H2,1-2H3,(H,25,30). The predicted molar refractivity (Wildman–Crippen MR) is 129 cm³/mol. The number of piperidine rings is 1. The van der Waals surface area contributed by atoms with E-state index < -0.39 is 0 Å². The Bertz CT molecular complexity index is 889. The number of hydrogen-bond acceptors (Lipinski definition) is 7. The van der Waals surface area contributed by atoms with Crippen LogP contribution in [0.2, 0.25) is 0 Å². The molecule has 2 unspecified atom stereocenters. The molecule has 4 rings (SSSR count). The first-order chi connectivity index (χ1) is 15.6. The number of likely N-dealkylation sites (tertiary alicyclic amines) is 1. The zero-order valence-electron chi connectivity index (χ0n) is 19.3. The number of ether oxygens (including phenoxy) is 1. The summed E-state index contributed by atoms with van der Waals surface area (Å²) in [7, 11) is 1.67. The average molecular weight is 458 g/mol. The highest BCUT2D eigenvalue weighted by atomic mass is 32.1. The van der Waals surface area contributed by atoms with Gasteiger partial charge < -0.3 is 19.9 Å². The highest BCUT2D eigenvalue weighted by Gasteiger charge is 2.32. The number of hydrogen-bond donors (Lipinski definition) is 1. The second-order valence-corrected chi connectivity index (χ2v) is 9.63. The molecule has 2 aliphatic heterocycles. The molecular weight excluding hydrogens is 422 g/mol. The van der Waals surface area contributed by atoms with Crippen LogP contribution < -0.4 is 15.0 Å². The SMILES string of the molecule is COc1cccc(Cc2nsc(N3CCCC3C(=O)NCCCN3CCCCC3C)n2)c1. The fraction of sp³-hybridized carbons (Fsp3) is 0.625. The molecule has 3 heterocycles. The Hall–Kier alpha value is -2.19. The Morgan fingerprint density at radius 2 is 2.16 bits per heavy atom. The molecule has 174 valence electrons. The number of nitrogens with one attached hydrogen (secondary N) is 1. The van der Waals surface area contributed by atoms with Gasteiger partial charge in [-0.05, 0) is 63.3 Å². The Balaban J connectivity index is 1.28. The Morgan fingerprint density at radius 1 is 1.25 bits per heavy atom. The van der Waals surface area contributed by atoms with E-state index in [1.54, 1.807) is 7.11 Å². The third kappa shape index (κ3) is 5.78. The molecule has 2 fully saturated rings. The van der Waals surface area contributed by atoms with E-state index in [0.29, 0.717) is 12.5 Å². The van der Waals surface area contributed by atoms with Crippen LogP contribution in [-0.2, 0) is 11.2 Å². The average Bonchev–Trinajstić information content (AvgIpc) is 3.47. The molecule has 2 saturated heterocycles. The van der Waals surface area contributed by atoms with Crippen molar-refractivity contribution in [2.75, 3.05) is 38.2 Å². The normalized spacial score (nSPS) is 21.6. The Kier molecular flexibility index (Phi) is 7.97. The number of rotatable bonds is 9. The minimum absolute atomic E-state index is 0.124. The number of carbonyl (C=O) groups is 1. The summed E-state index contributed by atoms with van der Waals surface area (Å²) in [6.07, 6.45) is 7.49. The second-order valence-electron chi connectivity index (χ2n) is 8.90. The maximum atomic E-state index is 12.9. The van der Waals surface area contributed by atoms with Gasteiger partial charge in [0, 0.05) is 43.6 Å². The Morgan fingerprint density at radius 3 is 3.00 bits per heavy atom. The van der Waals surface area contributed by atoms with Gasteiger partial charge in [-0.2, -0.15) is 4.37 Å². The molecular formula is C24H35N5O2S. The highest BCUT2D eigenvalue weighted by Crippen LogP contribution is 2.28. The zero-order valence-corrected chi connectivity index (χ0v) is 20.1. The monoisotopic (exact) mass is 457 g/mol. The van der Waals surface area contributed by atoms with Crippen LogP contribution >= 0.6 is 11.5 Å². The van der Waals surface area contributed by atoms with Crippen molar-refractivity contribution < 1.29 is 9.53 Å². The number of anilines is 1. The number of carbonyl (C=O) groups excluding carboxylic acids is 1. The third-order valence-corrected chi connectivity index (χ3v) is 7.41. The first-order valence-electron chi connectivity index (χ1n) is 11.9. The molecule has 32 heavy (non-hydrogen) atoms. The van der Waals surface area contributed by atoms with Crippen molar-refractivity contribution in [3.8, 4) is 5.75 Å². The van der Waals surface area contributed by atoms with Crippen LogP contribution in [0.15, 0.2) is 24.3 Å². The van der Waals surface area contributed by atoms with Gasteiger partial charge >= 0.3 is 0 Å². The van der Waals surface area contributed by atoms with Gasteiger partial charge in [0.05, 0.1) is 7.11 Å². The molecule has 1 aromatic heterocycles. The minimum atomic E-state index is -0.137. The number of nitrogens with zero attached hydrogens (tertiary/aromatic N) is 4. The lowest BCUT2D eigenvalue weighted by Gasteiger charge is -2.33. The van der Waals surface area contributed by atoms with Crippen molar-refractivity contribution in [3.63, 3.8) is 0 Å². The fourth-order valence-electron chi connectivity index (χ4n) is 4.77. The summed E-state index contributed by atoms with van der Waals surface area (Å²) < 4.78 is 9.86. The fourth-order valence-corrected chi connectivity index (χ4v) is 5.53. The Labute approximate surface area is 195 Å². The van der Waals surface area contributed by atoms with Crippen LogP contribution in [-0.4, -0.2) is 65.5 Å². The quantitative estimate of drug-likeness (QED) is 0.582. The van der Waals surface area contributed by atoms with Gasteiger partial charge in [0.25, 0.3) is 0 Å². The molecule has 0 spiro atoms. The summed E-state index contributed by atoms with van der Waals surface area (Å²) in [6, 6.07) is 8.52. The first kappa shape index (κ1) is 23.0. The van der Waals surface area contributed by atoms with Crippen LogP contribution in [0.4, 0.5) is 5.13 Å². The van der Waals surface area contributed by atoms with Gasteiger partial charge in [0.2, 0.25) is 11.0 Å². The van der Waals surface area contributed by atoms with E-state index in [0.717, 1.165) is 61.2 Å². The number of aromatic nitrogens is 2. The van der Waals surface area contributed by atoms with Gasteiger partial charge in [-0.1, -0.05) is 18.6 Å². The molecule has 1 aromatic carbocycles. The van der Waals surface area contributed by atoms with E-state index in [2.05, 4.69) is 32.5 Å². The van der Waals surface area contributed by atoms with E-state index in [1.807, 2.05) is 18.2 Å². The smallest absolute Gasteiger partial charge is 0.242 e. The molecule has 1 N–H and O–H groups in total. The molecule has 0 bridgehead atoms. The summed E-state index contributed by atoms with van der Waals surface area (Å²) in [5.74, 6) is 1.75. The molecule has 0 aliphatic carbocycles. The molecule has 2 atom stereocenters. The summed E-state index contributed by atoms with van der Waals surface area (Å²) >= 11 is 1.39. The molecule has 0 saturated carbocycles. The van der Waals surface area contributed by atoms with E-state index in [9.17, 15) is 4.79 Å². The maximum Gasteiger partial charge on any atom is 0.242 e.